The SMILES string of the molecule is CC1CCCCN1OC(=O)CCCCCCCCC(=O)ON1CCCCC1C. The average molecular weight is 397 g/mol. The van der Waals surface area contributed by atoms with Crippen LogP contribution in [0.2, 0.25) is 0 Å². The lowest BCUT2D eigenvalue weighted by Gasteiger charge is -2.31. The van der Waals surface area contributed by atoms with Gasteiger partial charge in [-0.3, -0.25) is 9.59 Å². The number of carbonyl (C=O) groups excluding carboxylic acids is 2. The van der Waals surface area contributed by atoms with E-state index in [4.69, 9.17) is 9.68 Å². The first-order chi connectivity index (χ1) is 13.6. The first-order valence-corrected chi connectivity index (χ1v) is 11.5. The smallest absolute Gasteiger partial charge is 0.325 e. The summed E-state index contributed by atoms with van der Waals surface area (Å²) in [5.74, 6) is -0.188. The molecule has 0 aromatic carbocycles. The zero-order chi connectivity index (χ0) is 20.2. The molecule has 2 aliphatic heterocycles. The molecule has 0 saturated carbocycles. The van der Waals surface area contributed by atoms with E-state index in [9.17, 15) is 9.59 Å². The number of carbonyl (C=O) groups is 2. The quantitative estimate of drug-likeness (QED) is 0.469. The fourth-order valence-corrected chi connectivity index (χ4v) is 4.01. The largest absolute Gasteiger partial charge is 0.368 e. The van der Waals surface area contributed by atoms with Crippen molar-refractivity contribution in [3.8, 4) is 0 Å². The zero-order valence-electron chi connectivity index (χ0n) is 18.0. The molecule has 2 fully saturated rings. The van der Waals surface area contributed by atoms with E-state index < -0.39 is 0 Å². The van der Waals surface area contributed by atoms with Crippen LogP contribution >= 0.6 is 0 Å². The molecule has 28 heavy (non-hydrogen) atoms. The standard InChI is InChI=1S/C22H40N2O4/c1-19-13-9-11-17-23(19)27-21(25)15-7-5-3-4-6-8-16-22(26)28-24-18-12-10-14-20(24)2/h19-20H,3-18H2,1-2H3. The number of unbranched alkanes of at least 4 members (excludes halogenated alkanes) is 5. The predicted octanol–water partition coefficient (Wildman–Crippen LogP) is 4.77. The van der Waals surface area contributed by atoms with Crippen LogP contribution in [0.3, 0.4) is 0 Å². The fourth-order valence-electron chi connectivity index (χ4n) is 4.01. The van der Waals surface area contributed by atoms with Crippen molar-refractivity contribution in [2.24, 2.45) is 0 Å². The Labute approximate surface area is 170 Å². The van der Waals surface area contributed by atoms with Gasteiger partial charge in [0.25, 0.3) is 0 Å². The van der Waals surface area contributed by atoms with Gasteiger partial charge in [0.2, 0.25) is 0 Å². The van der Waals surface area contributed by atoms with Gasteiger partial charge >= 0.3 is 11.9 Å². The highest BCUT2D eigenvalue weighted by atomic mass is 16.7. The molecule has 6 nitrogen and oxygen atoms in total. The molecule has 0 radical (unpaired) electrons. The molecule has 0 aromatic heterocycles. The number of hydrogen-bond donors (Lipinski definition) is 0. The molecule has 0 amide bonds. The fraction of sp³-hybridized carbons (Fsp3) is 0.909. The summed E-state index contributed by atoms with van der Waals surface area (Å²) in [5.41, 5.74) is 0. The Balaban J connectivity index is 1.41. The summed E-state index contributed by atoms with van der Waals surface area (Å²) in [6.45, 7) is 5.97. The number of nitrogens with zero attached hydrogens (tertiary/aromatic N) is 2. The van der Waals surface area contributed by atoms with Gasteiger partial charge in [-0.1, -0.05) is 38.5 Å². The lowest BCUT2D eigenvalue weighted by Crippen LogP contribution is -2.39. The van der Waals surface area contributed by atoms with Crippen LogP contribution in [0.5, 0.6) is 0 Å². The molecule has 0 bridgehead atoms. The molecule has 2 unspecified atom stereocenters. The van der Waals surface area contributed by atoms with Crippen molar-refractivity contribution in [2.45, 2.75) is 116 Å². The van der Waals surface area contributed by atoms with E-state index in [2.05, 4.69) is 13.8 Å². The molecule has 2 heterocycles. The van der Waals surface area contributed by atoms with Gasteiger partial charge in [-0.05, 0) is 52.4 Å². The Hall–Kier alpha value is -1.14. The van der Waals surface area contributed by atoms with Gasteiger partial charge in [0.1, 0.15) is 0 Å². The molecule has 6 heteroatoms. The minimum absolute atomic E-state index is 0.0940. The summed E-state index contributed by atoms with van der Waals surface area (Å²) in [5, 5.41) is 3.71. The van der Waals surface area contributed by atoms with Crippen molar-refractivity contribution >= 4 is 11.9 Å². The van der Waals surface area contributed by atoms with Crippen molar-refractivity contribution in [1.29, 1.82) is 0 Å². The molecule has 0 aromatic rings. The third-order valence-electron chi connectivity index (χ3n) is 5.93. The zero-order valence-corrected chi connectivity index (χ0v) is 18.0. The molecule has 2 atom stereocenters. The third-order valence-corrected chi connectivity index (χ3v) is 5.93. The molecule has 162 valence electrons. The van der Waals surface area contributed by atoms with E-state index in [1.807, 2.05) is 10.1 Å². The lowest BCUT2D eigenvalue weighted by molar-refractivity contribution is -0.206. The topological polar surface area (TPSA) is 59.1 Å². The van der Waals surface area contributed by atoms with Crippen LogP contribution in [-0.2, 0) is 19.3 Å². The Bertz CT molecular complexity index is 429. The number of rotatable bonds is 11. The van der Waals surface area contributed by atoms with E-state index in [0.717, 1.165) is 77.3 Å². The first kappa shape index (κ1) is 23.1. The summed E-state index contributed by atoms with van der Waals surface area (Å²) >= 11 is 0. The van der Waals surface area contributed by atoms with Gasteiger partial charge < -0.3 is 9.68 Å². The molecular weight excluding hydrogens is 356 g/mol. The average Bonchev–Trinajstić information content (AvgIpc) is 2.67. The van der Waals surface area contributed by atoms with Gasteiger partial charge in [-0.2, -0.15) is 0 Å². The molecular formula is C22H40N2O4. The molecule has 0 aliphatic carbocycles. The Kier molecular flexibility index (Phi) is 10.9. The minimum atomic E-state index is -0.0940. The van der Waals surface area contributed by atoms with Gasteiger partial charge in [0, 0.05) is 38.0 Å². The van der Waals surface area contributed by atoms with Crippen molar-refractivity contribution in [1.82, 2.24) is 10.1 Å². The highest BCUT2D eigenvalue weighted by Gasteiger charge is 2.22. The predicted molar refractivity (Wildman–Crippen MR) is 109 cm³/mol. The van der Waals surface area contributed by atoms with E-state index in [0.29, 0.717) is 24.9 Å². The summed E-state index contributed by atoms with van der Waals surface area (Å²) < 4.78 is 0. The molecule has 2 aliphatic rings. The minimum Gasteiger partial charge on any atom is -0.368 e. The van der Waals surface area contributed by atoms with Crippen LogP contribution in [0.4, 0.5) is 0 Å². The van der Waals surface area contributed by atoms with Crippen LogP contribution < -0.4 is 0 Å². The number of hydroxylamine groups is 4. The van der Waals surface area contributed by atoms with E-state index in [1.165, 1.54) is 12.8 Å². The lowest BCUT2D eigenvalue weighted by atomic mass is 10.1. The normalized spacial score (nSPS) is 24.1. The monoisotopic (exact) mass is 396 g/mol. The van der Waals surface area contributed by atoms with E-state index in [-0.39, 0.29) is 11.9 Å². The number of hydrogen-bond acceptors (Lipinski definition) is 6. The van der Waals surface area contributed by atoms with Crippen LogP contribution in [0.25, 0.3) is 0 Å². The molecule has 0 N–H and O–H groups in total. The maximum absolute atomic E-state index is 11.9. The Morgan fingerprint density at radius 1 is 0.679 bits per heavy atom. The van der Waals surface area contributed by atoms with Crippen LogP contribution in [0.15, 0.2) is 0 Å². The second kappa shape index (κ2) is 13.2. The summed E-state index contributed by atoms with van der Waals surface area (Å²) in [6.07, 6.45) is 14.0. The molecule has 2 saturated heterocycles. The highest BCUT2D eigenvalue weighted by Crippen LogP contribution is 2.19. The molecule has 0 spiro atoms. The Morgan fingerprint density at radius 2 is 1.07 bits per heavy atom. The first-order valence-electron chi connectivity index (χ1n) is 11.5. The maximum Gasteiger partial charge on any atom is 0.325 e. The van der Waals surface area contributed by atoms with Gasteiger partial charge in [0.15, 0.2) is 0 Å². The van der Waals surface area contributed by atoms with Gasteiger partial charge in [0.05, 0.1) is 0 Å². The van der Waals surface area contributed by atoms with Crippen molar-refractivity contribution in [2.75, 3.05) is 13.1 Å². The highest BCUT2D eigenvalue weighted by molar-refractivity contribution is 5.69. The Morgan fingerprint density at radius 3 is 1.46 bits per heavy atom. The molecule has 2 rings (SSSR count). The maximum atomic E-state index is 11.9. The summed E-state index contributed by atoms with van der Waals surface area (Å²) in [6, 6.07) is 0.699. The van der Waals surface area contributed by atoms with Crippen molar-refractivity contribution < 1.29 is 19.3 Å². The summed E-state index contributed by atoms with van der Waals surface area (Å²) in [4.78, 5) is 34.8. The van der Waals surface area contributed by atoms with Gasteiger partial charge in [-0.15, -0.1) is 10.1 Å². The van der Waals surface area contributed by atoms with E-state index in [1.54, 1.807) is 0 Å². The van der Waals surface area contributed by atoms with Gasteiger partial charge in [-0.25, -0.2) is 0 Å². The second-order valence-electron chi connectivity index (χ2n) is 8.52. The number of piperidine rings is 2. The van der Waals surface area contributed by atoms with E-state index >= 15 is 0 Å². The second-order valence-corrected chi connectivity index (χ2v) is 8.52. The van der Waals surface area contributed by atoms with Crippen LogP contribution in [0.1, 0.15) is 104 Å². The van der Waals surface area contributed by atoms with Crippen molar-refractivity contribution in [3.05, 3.63) is 0 Å². The van der Waals surface area contributed by atoms with Crippen LogP contribution in [-0.4, -0.2) is 47.2 Å². The summed E-state index contributed by atoms with van der Waals surface area (Å²) in [7, 11) is 0. The van der Waals surface area contributed by atoms with Crippen LogP contribution in [0, 0.1) is 0 Å². The van der Waals surface area contributed by atoms with Crippen molar-refractivity contribution in [3.63, 3.8) is 0 Å². The third kappa shape index (κ3) is 8.91.